The second kappa shape index (κ2) is 22.6. The Hall–Kier alpha value is -1.01. The summed E-state index contributed by atoms with van der Waals surface area (Å²) in [6, 6.07) is 15.3. The molecule has 1 atom stereocenters. The molecule has 0 bridgehead atoms. The van der Waals surface area contributed by atoms with Crippen LogP contribution in [-0.4, -0.2) is 13.9 Å². The summed E-state index contributed by atoms with van der Waals surface area (Å²) < 4.78 is 37.6. The first-order valence-electron chi connectivity index (χ1n) is 15.8. The Morgan fingerprint density at radius 3 is 1.40 bits per heavy atom. The molecule has 0 aliphatic rings. The first-order chi connectivity index (χ1) is 19.0. The fourth-order valence-corrected chi connectivity index (χ4v) is 6.10. The van der Waals surface area contributed by atoms with E-state index in [4.69, 9.17) is 8.92 Å². The SMILES string of the molecule is CCCCCCCCCc1ccc(OC(CCC)S(=O)(=O)Oc2ccc(CCCCCCCCC)cc2)cc1.[H-].[Na+]. The molecule has 2 rings (SSSR count). The fraction of sp³-hybridized carbons (Fsp3) is 0.647. The third-order valence-electron chi connectivity index (χ3n) is 7.31. The van der Waals surface area contributed by atoms with E-state index in [1.807, 2.05) is 43.3 Å². The zero-order chi connectivity index (χ0) is 28.2. The first kappa shape index (κ1) is 37.0. The van der Waals surface area contributed by atoms with Gasteiger partial charge in [-0.3, -0.25) is 0 Å². The van der Waals surface area contributed by atoms with Crippen molar-refractivity contribution in [3.05, 3.63) is 59.7 Å². The molecule has 0 aliphatic heterocycles. The molecule has 0 saturated heterocycles. The van der Waals surface area contributed by atoms with Gasteiger partial charge in [0.25, 0.3) is 0 Å². The maximum atomic E-state index is 13.1. The van der Waals surface area contributed by atoms with Crippen LogP contribution in [0.3, 0.4) is 0 Å². The molecule has 0 fully saturated rings. The van der Waals surface area contributed by atoms with E-state index >= 15 is 0 Å². The Labute approximate surface area is 269 Å². The molecule has 1 unspecified atom stereocenters. The summed E-state index contributed by atoms with van der Waals surface area (Å²) in [5.74, 6) is 0.905. The quantitative estimate of drug-likeness (QED) is 0.0784. The predicted octanol–water partition coefficient (Wildman–Crippen LogP) is 7.30. The van der Waals surface area contributed by atoms with Crippen molar-refractivity contribution >= 4 is 10.1 Å². The Bertz CT molecular complexity index is 981. The molecule has 0 aliphatic carbocycles. The van der Waals surface area contributed by atoms with Crippen LogP contribution in [0.1, 0.15) is 136 Å². The van der Waals surface area contributed by atoms with E-state index in [1.54, 1.807) is 12.1 Å². The van der Waals surface area contributed by atoms with Crippen LogP contribution in [0, 0.1) is 0 Å². The van der Waals surface area contributed by atoms with Crippen LogP contribution in [0.2, 0.25) is 0 Å². The number of rotatable bonds is 23. The van der Waals surface area contributed by atoms with Crippen molar-refractivity contribution in [2.75, 3.05) is 0 Å². The molecule has 0 amide bonds. The van der Waals surface area contributed by atoms with Crippen molar-refractivity contribution in [3.8, 4) is 11.5 Å². The predicted molar refractivity (Wildman–Crippen MR) is 166 cm³/mol. The molecule has 0 heterocycles. The average Bonchev–Trinajstić information content (AvgIpc) is 2.93. The van der Waals surface area contributed by atoms with Crippen molar-refractivity contribution in [2.24, 2.45) is 0 Å². The van der Waals surface area contributed by atoms with Crippen LogP contribution >= 0.6 is 0 Å². The van der Waals surface area contributed by atoms with Crippen LogP contribution in [0.25, 0.3) is 0 Å². The largest absolute Gasteiger partial charge is 1.00 e. The fourth-order valence-electron chi connectivity index (χ4n) is 4.86. The van der Waals surface area contributed by atoms with Crippen LogP contribution in [0.4, 0.5) is 0 Å². The normalized spacial score (nSPS) is 12.1. The molecule has 6 heteroatoms. The molecule has 222 valence electrons. The molecule has 4 nitrogen and oxygen atoms in total. The van der Waals surface area contributed by atoms with Gasteiger partial charge in [-0.15, -0.1) is 0 Å². The zero-order valence-corrected chi connectivity index (χ0v) is 28.8. The van der Waals surface area contributed by atoms with E-state index in [-0.39, 0.29) is 31.0 Å². The van der Waals surface area contributed by atoms with Gasteiger partial charge in [-0.1, -0.05) is 129 Å². The maximum absolute atomic E-state index is 13.1. The molecule has 40 heavy (non-hydrogen) atoms. The van der Waals surface area contributed by atoms with Crippen LogP contribution in [0.15, 0.2) is 48.5 Å². The van der Waals surface area contributed by atoms with Crippen molar-refractivity contribution in [1.29, 1.82) is 0 Å². The molecule has 0 radical (unpaired) electrons. The molecular weight excluding hydrogens is 527 g/mol. The van der Waals surface area contributed by atoms with Crippen molar-refractivity contribution in [2.45, 2.75) is 142 Å². The number of benzene rings is 2. The zero-order valence-electron chi connectivity index (χ0n) is 27.0. The van der Waals surface area contributed by atoms with Gasteiger partial charge in [0, 0.05) is 6.42 Å². The second-order valence-electron chi connectivity index (χ2n) is 10.9. The van der Waals surface area contributed by atoms with Gasteiger partial charge in [-0.2, -0.15) is 8.42 Å². The number of ether oxygens (including phenoxy) is 1. The van der Waals surface area contributed by atoms with Crippen molar-refractivity contribution < 1.29 is 48.3 Å². The minimum absolute atomic E-state index is 0. The van der Waals surface area contributed by atoms with Crippen LogP contribution < -0.4 is 38.5 Å². The van der Waals surface area contributed by atoms with E-state index < -0.39 is 15.6 Å². The molecular formula is C34H55NaO4S. The van der Waals surface area contributed by atoms with E-state index in [0.717, 1.165) is 19.3 Å². The number of hydrogen-bond acceptors (Lipinski definition) is 4. The summed E-state index contributed by atoms with van der Waals surface area (Å²) in [6.45, 7) is 6.44. The van der Waals surface area contributed by atoms with E-state index in [2.05, 4.69) is 13.8 Å². The van der Waals surface area contributed by atoms with Crippen molar-refractivity contribution in [3.63, 3.8) is 0 Å². The minimum Gasteiger partial charge on any atom is -1.00 e. The van der Waals surface area contributed by atoms with Crippen molar-refractivity contribution in [1.82, 2.24) is 0 Å². The summed E-state index contributed by atoms with van der Waals surface area (Å²) in [4.78, 5) is 0. The summed E-state index contributed by atoms with van der Waals surface area (Å²) in [5.41, 5.74) is 1.44. The minimum atomic E-state index is -3.94. The molecule has 2 aromatic rings. The molecule has 0 spiro atoms. The molecule has 0 saturated carbocycles. The molecule has 2 aromatic carbocycles. The topological polar surface area (TPSA) is 52.6 Å². The van der Waals surface area contributed by atoms with E-state index in [0.29, 0.717) is 24.3 Å². The molecule has 0 N–H and O–H groups in total. The number of unbranched alkanes of at least 4 members (excludes halogenated alkanes) is 12. The van der Waals surface area contributed by atoms with E-state index in [1.165, 1.54) is 94.6 Å². The Balaban J connectivity index is 0.00000800. The van der Waals surface area contributed by atoms with Gasteiger partial charge in [0.1, 0.15) is 11.5 Å². The van der Waals surface area contributed by atoms with Crippen LogP contribution in [-0.2, 0) is 23.0 Å². The Kier molecular flexibility index (Phi) is 20.9. The summed E-state index contributed by atoms with van der Waals surface area (Å²) >= 11 is 0. The van der Waals surface area contributed by atoms with Gasteiger partial charge in [-0.05, 0) is 61.1 Å². The Morgan fingerprint density at radius 1 is 0.575 bits per heavy atom. The van der Waals surface area contributed by atoms with Gasteiger partial charge < -0.3 is 10.3 Å². The maximum Gasteiger partial charge on any atom is 1.00 e. The average molecular weight is 583 g/mol. The van der Waals surface area contributed by atoms with E-state index in [9.17, 15) is 8.42 Å². The van der Waals surface area contributed by atoms with Gasteiger partial charge in [-0.25, -0.2) is 0 Å². The monoisotopic (exact) mass is 582 g/mol. The first-order valence-corrected chi connectivity index (χ1v) is 17.2. The van der Waals surface area contributed by atoms with Gasteiger partial charge >= 0.3 is 39.7 Å². The van der Waals surface area contributed by atoms with Gasteiger partial charge in [0.2, 0.25) is 5.44 Å². The standard InChI is InChI=1S/C34H54O4S.Na.H/c1-4-7-9-11-13-15-17-20-30-22-26-32(27-23-30)37-34(19-6-3)39(35,36)38-33-28-24-31(25-29-33)21-18-16-14-12-10-8-5-2;;/h22-29,34H,4-21H2,1-3H3;;/q;+1;-1. The van der Waals surface area contributed by atoms with Gasteiger partial charge in [0.05, 0.1) is 0 Å². The summed E-state index contributed by atoms with van der Waals surface area (Å²) in [5, 5.41) is 0. The third kappa shape index (κ3) is 15.8. The van der Waals surface area contributed by atoms with Gasteiger partial charge in [0.15, 0.2) is 0 Å². The summed E-state index contributed by atoms with van der Waals surface area (Å²) in [7, 11) is -3.94. The second-order valence-corrected chi connectivity index (χ2v) is 12.6. The molecule has 0 aromatic heterocycles. The number of aryl methyl sites for hydroxylation is 2. The summed E-state index contributed by atoms with van der Waals surface area (Å²) in [6.07, 6.45) is 21.1. The number of hydrogen-bond donors (Lipinski definition) is 0. The third-order valence-corrected chi connectivity index (χ3v) is 8.71. The Morgan fingerprint density at radius 2 is 0.975 bits per heavy atom. The smallest absolute Gasteiger partial charge is 1.00 e. The van der Waals surface area contributed by atoms with Crippen LogP contribution in [0.5, 0.6) is 11.5 Å².